The predicted octanol–water partition coefficient (Wildman–Crippen LogP) is 1.51. The molecule has 0 saturated heterocycles. The maximum Gasteiger partial charge on any atom is 0.0788 e. The second kappa shape index (κ2) is 1.54. The molecule has 1 atom stereocenters. The Morgan fingerprint density at radius 2 is 2.57 bits per heavy atom. The molecule has 7 heavy (non-hydrogen) atoms. The van der Waals surface area contributed by atoms with Crippen molar-refractivity contribution in [2.24, 2.45) is 5.92 Å². The Kier molecular flexibility index (Phi) is 1.02. The highest BCUT2D eigenvalue weighted by molar-refractivity contribution is 5.19. The van der Waals surface area contributed by atoms with E-state index >= 15 is 0 Å². The normalized spacial score (nSPS) is 31.1. The first-order chi connectivity index (χ1) is 3.34. The zero-order valence-corrected chi connectivity index (χ0v) is 4.44. The lowest BCUT2D eigenvalue weighted by Gasteiger charge is -2.25. The Bertz CT molecular complexity index is 101. The summed E-state index contributed by atoms with van der Waals surface area (Å²) < 4.78 is 0. The second-order valence-corrected chi connectivity index (χ2v) is 2.08. The van der Waals surface area contributed by atoms with E-state index in [1.165, 1.54) is 6.42 Å². The summed E-state index contributed by atoms with van der Waals surface area (Å²) in [6.07, 6.45) is 2.28. The monoisotopic (exact) mass is 94.1 g/mol. The van der Waals surface area contributed by atoms with Crippen LogP contribution in [0.25, 0.3) is 0 Å². The zero-order valence-electron chi connectivity index (χ0n) is 4.44. The van der Waals surface area contributed by atoms with Crippen molar-refractivity contribution in [1.82, 2.24) is 0 Å². The molecular weight excluding hydrogens is 86.1 g/mol. The molecule has 0 aliphatic heterocycles. The molecular formula is C6H8N. The van der Waals surface area contributed by atoms with Gasteiger partial charge in [0, 0.05) is 0 Å². The highest BCUT2D eigenvalue weighted by atomic mass is 14.4. The summed E-state index contributed by atoms with van der Waals surface area (Å²) in [6.45, 7) is 2.10. The minimum absolute atomic E-state index is 0.602. The molecule has 1 fully saturated rings. The highest BCUT2D eigenvalue weighted by Crippen LogP contribution is 2.34. The zero-order chi connectivity index (χ0) is 5.28. The van der Waals surface area contributed by atoms with Gasteiger partial charge in [-0.25, -0.2) is 0 Å². The van der Waals surface area contributed by atoms with E-state index in [0.717, 1.165) is 12.3 Å². The van der Waals surface area contributed by atoms with Crippen molar-refractivity contribution in [3.8, 4) is 6.07 Å². The van der Waals surface area contributed by atoms with Crippen molar-refractivity contribution in [1.29, 1.82) is 5.26 Å². The molecule has 1 nitrogen and oxygen atoms in total. The fraction of sp³-hybridized carbons (Fsp3) is 0.667. The van der Waals surface area contributed by atoms with E-state index in [0.29, 0.717) is 5.92 Å². The molecule has 0 spiro atoms. The third kappa shape index (κ3) is 0.608. The van der Waals surface area contributed by atoms with Crippen LogP contribution in [0.5, 0.6) is 0 Å². The second-order valence-electron chi connectivity index (χ2n) is 2.08. The first-order valence-electron chi connectivity index (χ1n) is 2.60. The highest BCUT2D eigenvalue weighted by Gasteiger charge is 2.26. The van der Waals surface area contributed by atoms with Gasteiger partial charge in [0.1, 0.15) is 0 Å². The lowest BCUT2D eigenvalue weighted by molar-refractivity contribution is 0.426. The van der Waals surface area contributed by atoms with Gasteiger partial charge in [-0.1, -0.05) is 6.92 Å². The molecule has 1 rings (SSSR count). The lowest BCUT2D eigenvalue weighted by Crippen LogP contribution is -2.18. The number of hydrogen-bond donors (Lipinski definition) is 0. The average Bonchev–Trinajstić information content (AvgIpc) is 1.65. The molecule has 1 aliphatic rings. The first-order valence-corrected chi connectivity index (χ1v) is 2.60. The van der Waals surface area contributed by atoms with Gasteiger partial charge in [-0.2, -0.15) is 5.26 Å². The van der Waals surface area contributed by atoms with Crippen LogP contribution >= 0.6 is 0 Å². The van der Waals surface area contributed by atoms with Crippen LogP contribution in [0.15, 0.2) is 0 Å². The molecule has 0 bridgehead atoms. The molecule has 1 radical (unpaired) electrons. The van der Waals surface area contributed by atoms with E-state index in [1.807, 2.05) is 0 Å². The number of hydrogen-bond acceptors (Lipinski definition) is 1. The molecule has 0 amide bonds. The van der Waals surface area contributed by atoms with Crippen molar-refractivity contribution < 1.29 is 0 Å². The molecule has 1 saturated carbocycles. The van der Waals surface area contributed by atoms with Gasteiger partial charge in [0.2, 0.25) is 0 Å². The molecule has 1 unspecified atom stereocenters. The third-order valence-electron chi connectivity index (χ3n) is 1.59. The summed E-state index contributed by atoms with van der Waals surface area (Å²) in [4.78, 5) is 0. The van der Waals surface area contributed by atoms with Gasteiger partial charge in [-0.3, -0.25) is 0 Å². The van der Waals surface area contributed by atoms with Crippen LogP contribution in [0.2, 0.25) is 0 Å². The number of nitrogens with zero attached hydrogens (tertiary/aromatic N) is 1. The van der Waals surface area contributed by atoms with Crippen LogP contribution in [0.3, 0.4) is 0 Å². The lowest BCUT2D eigenvalue weighted by atomic mass is 9.76. The van der Waals surface area contributed by atoms with Gasteiger partial charge in [0.25, 0.3) is 0 Å². The molecule has 0 heterocycles. The molecule has 0 N–H and O–H groups in total. The minimum Gasteiger partial charge on any atom is -0.198 e. The summed E-state index contributed by atoms with van der Waals surface area (Å²) in [5.74, 6) is 1.69. The van der Waals surface area contributed by atoms with E-state index in [2.05, 4.69) is 13.0 Å². The Labute approximate surface area is 44.0 Å². The molecule has 0 aromatic heterocycles. The SMILES string of the molecule is CC1CC[C]1C#N. The van der Waals surface area contributed by atoms with Gasteiger partial charge in [0.15, 0.2) is 0 Å². The van der Waals surface area contributed by atoms with Crippen molar-refractivity contribution >= 4 is 0 Å². The Balaban J connectivity index is 2.33. The summed E-state index contributed by atoms with van der Waals surface area (Å²) >= 11 is 0. The van der Waals surface area contributed by atoms with E-state index in [1.54, 1.807) is 0 Å². The maximum absolute atomic E-state index is 8.27. The standard InChI is InChI=1S/C6H8N/c1-5-2-3-6(5)4-7/h5H,2-3H2,1H3. The van der Waals surface area contributed by atoms with Crippen LogP contribution in [0.4, 0.5) is 0 Å². The summed E-state index contributed by atoms with van der Waals surface area (Å²) in [6, 6.07) is 2.17. The molecule has 0 aromatic carbocycles. The minimum atomic E-state index is 0.602. The summed E-state index contributed by atoms with van der Waals surface area (Å²) in [5.41, 5.74) is 0. The van der Waals surface area contributed by atoms with Crippen LogP contribution in [-0.2, 0) is 0 Å². The van der Waals surface area contributed by atoms with Gasteiger partial charge in [-0.05, 0) is 18.8 Å². The van der Waals surface area contributed by atoms with Crippen LogP contribution < -0.4 is 0 Å². The Morgan fingerprint density at radius 1 is 1.86 bits per heavy atom. The Morgan fingerprint density at radius 3 is 2.57 bits per heavy atom. The van der Waals surface area contributed by atoms with Gasteiger partial charge in [0.05, 0.1) is 12.0 Å². The topological polar surface area (TPSA) is 23.8 Å². The van der Waals surface area contributed by atoms with Gasteiger partial charge >= 0.3 is 0 Å². The van der Waals surface area contributed by atoms with Gasteiger partial charge in [-0.15, -0.1) is 0 Å². The summed E-state index contributed by atoms with van der Waals surface area (Å²) in [7, 11) is 0. The van der Waals surface area contributed by atoms with Crippen LogP contribution in [0.1, 0.15) is 19.8 Å². The smallest absolute Gasteiger partial charge is 0.0788 e. The first kappa shape index (κ1) is 4.64. The maximum atomic E-state index is 8.27. The summed E-state index contributed by atoms with van der Waals surface area (Å²) in [5, 5.41) is 8.27. The van der Waals surface area contributed by atoms with Crippen LogP contribution in [-0.4, -0.2) is 0 Å². The molecule has 1 aliphatic carbocycles. The van der Waals surface area contributed by atoms with E-state index < -0.39 is 0 Å². The van der Waals surface area contributed by atoms with E-state index in [4.69, 9.17) is 5.26 Å². The van der Waals surface area contributed by atoms with E-state index in [-0.39, 0.29) is 0 Å². The number of nitriles is 1. The Hall–Kier alpha value is -0.510. The quantitative estimate of drug-likeness (QED) is 0.446. The number of rotatable bonds is 0. The molecule has 1 heteroatoms. The average molecular weight is 94.1 g/mol. The molecule has 0 aromatic rings. The van der Waals surface area contributed by atoms with Crippen molar-refractivity contribution in [2.75, 3.05) is 0 Å². The van der Waals surface area contributed by atoms with E-state index in [9.17, 15) is 0 Å². The van der Waals surface area contributed by atoms with Crippen molar-refractivity contribution in [2.45, 2.75) is 19.8 Å². The largest absolute Gasteiger partial charge is 0.198 e. The van der Waals surface area contributed by atoms with Crippen molar-refractivity contribution in [3.63, 3.8) is 0 Å². The predicted molar refractivity (Wildman–Crippen MR) is 27.3 cm³/mol. The fourth-order valence-corrected chi connectivity index (χ4v) is 0.743. The van der Waals surface area contributed by atoms with Gasteiger partial charge < -0.3 is 0 Å². The van der Waals surface area contributed by atoms with Crippen molar-refractivity contribution in [3.05, 3.63) is 5.92 Å². The fourth-order valence-electron chi connectivity index (χ4n) is 0.743. The molecule has 37 valence electrons. The van der Waals surface area contributed by atoms with Crippen LogP contribution in [0, 0.1) is 23.2 Å². The third-order valence-corrected chi connectivity index (χ3v) is 1.59.